The van der Waals surface area contributed by atoms with Gasteiger partial charge in [-0.3, -0.25) is 0 Å². The number of aromatic nitrogens is 5. The van der Waals surface area contributed by atoms with Crippen molar-refractivity contribution in [2.75, 3.05) is 0 Å². The molecular formula is C56H32N5O2S+. The van der Waals surface area contributed by atoms with E-state index in [1.807, 2.05) is 78.9 Å². The van der Waals surface area contributed by atoms with E-state index >= 15 is 0 Å². The van der Waals surface area contributed by atoms with E-state index in [0.717, 1.165) is 93.2 Å². The summed E-state index contributed by atoms with van der Waals surface area (Å²) >= 11 is 1.79. The highest BCUT2D eigenvalue weighted by Crippen LogP contribution is 2.44. The highest BCUT2D eigenvalue weighted by Gasteiger charge is 2.25. The van der Waals surface area contributed by atoms with Crippen LogP contribution in [0.1, 0.15) is 0 Å². The normalized spacial score (nSPS) is 12.1. The second-order valence-electron chi connectivity index (χ2n) is 16.1. The van der Waals surface area contributed by atoms with Crippen LogP contribution in [0.25, 0.3) is 132 Å². The van der Waals surface area contributed by atoms with Gasteiger partial charge in [-0.15, -0.1) is 15.9 Å². The van der Waals surface area contributed by atoms with Crippen molar-refractivity contribution in [2.24, 2.45) is 0 Å². The zero-order valence-electron chi connectivity index (χ0n) is 33.9. The molecule has 0 saturated heterocycles. The van der Waals surface area contributed by atoms with Gasteiger partial charge >= 0.3 is 5.71 Å². The number of benzene rings is 8. The van der Waals surface area contributed by atoms with Gasteiger partial charge in [-0.2, -0.15) is 0 Å². The molecule has 0 atom stereocenters. The maximum absolute atomic E-state index is 6.78. The van der Waals surface area contributed by atoms with Crippen LogP contribution in [0.15, 0.2) is 203 Å². The predicted molar refractivity (Wildman–Crippen MR) is 259 cm³/mol. The molecule has 0 spiro atoms. The molecule has 8 heteroatoms. The first kappa shape index (κ1) is 35.2. The summed E-state index contributed by atoms with van der Waals surface area (Å²) in [6.45, 7) is 0. The first-order valence-corrected chi connectivity index (χ1v) is 22.1. The molecule has 14 aromatic rings. The quantitative estimate of drug-likeness (QED) is 0.161. The number of para-hydroxylation sites is 2. The second-order valence-corrected chi connectivity index (χ2v) is 17.2. The van der Waals surface area contributed by atoms with Crippen molar-refractivity contribution in [1.82, 2.24) is 19.5 Å². The van der Waals surface area contributed by atoms with Gasteiger partial charge in [0.2, 0.25) is 5.69 Å². The van der Waals surface area contributed by atoms with Gasteiger partial charge in [-0.25, -0.2) is 15.0 Å². The first-order valence-electron chi connectivity index (χ1n) is 21.3. The molecule has 0 aliphatic carbocycles. The highest BCUT2D eigenvalue weighted by atomic mass is 32.1. The number of thiophene rings is 1. The number of rotatable bonds is 5. The Bertz CT molecular complexity index is 4150. The Balaban J connectivity index is 0.950. The average Bonchev–Trinajstić information content (AvgIpc) is 4.13. The minimum atomic E-state index is 0.645. The summed E-state index contributed by atoms with van der Waals surface area (Å²) in [5.41, 5.74) is 10.4. The van der Waals surface area contributed by atoms with Crippen molar-refractivity contribution < 1.29 is 13.4 Å². The van der Waals surface area contributed by atoms with E-state index in [4.69, 9.17) is 23.8 Å². The third-order valence-electron chi connectivity index (χ3n) is 12.6. The monoisotopic (exact) mass is 838 g/mol. The molecule has 0 radical (unpaired) electrons. The van der Waals surface area contributed by atoms with Crippen molar-refractivity contribution in [2.45, 2.75) is 0 Å². The Morgan fingerprint density at radius 1 is 0.422 bits per heavy atom. The number of pyridine rings is 1. The first-order chi connectivity index (χ1) is 31.7. The van der Waals surface area contributed by atoms with E-state index in [1.165, 1.54) is 20.9 Å². The lowest BCUT2D eigenvalue weighted by Gasteiger charge is -2.09. The minimum absolute atomic E-state index is 0.645. The molecule has 6 aromatic heterocycles. The van der Waals surface area contributed by atoms with Crippen LogP contribution in [0.3, 0.4) is 0 Å². The Morgan fingerprint density at radius 3 is 1.83 bits per heavy atom. The maximum atomic E-state index is 6.78. The number of nitrogens with zero attached hydrogens (tertiary/aromatic N) is 5. The zero-order chi connectivity index (χ0) is 41.9. The Hall–Kier alpha value is -8.46. The van der Waals surface area contributed by atoms with Gasteiger partial charge in [0.25, 0.3) is 0 Å². The smallest absolute Gasteiger partial charge is 0.387 e. The lowest BCUT2D eigenvalue weighted by atomic mass is 10.1. The van der Waals surface area contributed by atoms with Gasteiger partial charge < -0.3 is 13.4 Å². The van der Waals surface area contributed by atoms with Crippen LogP contribution in [0, 0.1) is 0 Å². The molecule has 0 unspecified atom stereocenters. The fraction of sp³-hybridized carbons (Fsp3) is 0. The summed E-state index contributed by atoms with van der Waals surface area (Å²) in [7, 11) is 0. The van der Waals surface area contributed by atoms with E-state index in [1.54, 1.807) is 11.3 Å². The summed E-state index contributed by atoms with van der Waals surface area (Å²) in [4.78, 5) is 15.2. The van der Waals surface area contributed by atoms with Crippen molar-refractivity contribution >= 4 is 97.3 Å². The van der Waals surface area contributed by atoms with Crippen molar-refractivity contribution in [3.8, 4) is 45.5 Å². The average molecular weight is 839 g/mol. The van der Waals surface area contributed by atoms with Gasteiger partial charge in [0.05, 0.1) is 26.8 Å². The summed E-state index contributed by atoms with van der Waals surface area (Å²) in [5, 5.41) is 8.87. The standard InChI is InChI=1S/C56H32N5O2S/c1-3-14-33(15-4-1)53-57-54(34-16-5-2-6-17-34)59-55(58-53)43-22-11-20-40-41-21-12-25-47(52(41)64-51(40)43)61-45-24-9-7-18-36(45)44-32-35(27-30-46(44)61)60-31-13-23-42-39-29-28-38-37-19-8-10-26-48(37)62-49(38)50(39)63-56(42)60/h1-32H/q+1. The Kier molecular flexibility index (Phi) is 7.43. The minimum Gasteiger partial charge on any atom is -0.452 e. The van der Waals surface area contributed by atoms with E-state index in [-0.39, 0.29) is 0 Å². The lowest BCUT2D eigenvalue weighted by molar-refractivity contribution is -0.574. The zero-order valence-corrected chi connectivity index (χ0v) is 34.8. The van der Waals surface area contributed by atoms with Gasteiger partial charge in [0.15, 0.2) is 34.8 Å². The molecule has 0 fully saturated rings. The molecule has 0 aliphatic rings. The number of hydrogen-bond donors (Lipinski definition) is 0. The van der Waals surface area contributed by atoms with Crippen LogP contribution >= 0.6 is 11.3 Å². The van der Waals surface area contributed by atoms with Crippen molar-refractivity contribution in [3.05, 3.63) is 194 Å². The number of hydrogen-bond acceptors (Lipinski definition) is 6. The summed E-state index contributed by atoms with van der Waals surface area (Å²) in [5.74, 6) is 1.94. The molecule has 298 valence electrons. The molecule has 0 aliphatic heterocycles. The van der Waals surface area contributed by atoms with Gasteiger partial charge in [0, 0.05) is 77.3 Å². The topological polar surface area (TPSA) is 73.8 Å². The van der Waals surface area contributed by atoms with Crippen LogP contribution in [0.5, 0.6) is 0 Å². The fourth-order valence-electron chi connectivity index (χ4n) is 9.64. The molecule has 8 aromatic carbocycles. The fourth-order valence-corrected chi connectivity index (χ4v) is 11.0. The van der Waals surface area contributed by atoms with E-state index < -0.39 is 0 Å². The summed E-state index contributed by atoms with van der Waals surface area (Å²) in [6.07, 6.45) is 2.08. The Labute approximate surface area is 368 Å². The SMILES string of the molecule is c1ccc(-c2nc(-c3ccccc3)nc(-c3cccc4c3sc3c(-n5c6ccccc6c6cc(-[n+]7cccc8c9ccc%10c%11ccccc%11oc%10c9oc87)ccc65)cccc34)n2)cc1. The largest absolute Gasteiger partial charge is 0.452 e. The van der Waals surface area contributed by atoms with Crippen LogP contribution in [-0.2, 0) is 0 Å². The van der Waals surface area contributed by atoms with E-state index in [0.29, 0.717) is 17.5 Å². The van der Waals surface area contributed by atoms with Crippen LogP contribution in [0.4, 0.5) is 0 Å². The van der Waals surface area contributed by atoms with Gasteiger partial charge in [0.1, 0.15) is 5.58 Å². The molecule has 0 saturated carbocycles. The van der Waals surface area contributed by atoms with Gasteiger partial charge in [-0.1, -0.05) is 121 Å². The molecule has 64 heavy (non-hydrogen) atoms. The van der Waals surface area contributed by atoms with E-state index in [2.05, 4.69) is 125 Å². The van der Waals surface area contributed by atoms with Crippen molar-refractivity contribution in [3.63, 3.8) is 0 Å². The summed E-state index contributed by atoms with van der Waals surface area (Å²) < 4.78 is 20.1. The van der Waals surface area contributed by atoms with Crippen molar-refractivity contribution in [1.29, 1.82) is 0 Å². The molecule has 0 bridgehead atoms. The van der Waals surface area contributed by atoms with Crippen LogP contribution in [0.2, 0.25) is 0 Å². The highest BCUT2D eigenvalue weighted by molar-refractivity contribution is 7.26. The summed E-state index contributed by atoms with van der Waals surface area (Å²) in [6, 6.07) is 65.5. The molecule has 7 nitrogen and oxygen atoms in total. The van der Waals surface area contributed by atoms with Gasteiger partial charge in [-0.05, 0) is 48.5 Å². The second kappa shape index (κ2) is 13.5. The molecular weight excluding hydrogens is 807 g/mol. The third kappa shape index (κ3) is 5.14. The van der Waals surface area contributed by atoms with Crippen LogP contribution in [-0.4, -0.2) is 19.5 Å². The molecule has 14 rings (SSSR count). The molecule has 6 heterocycles. The molecule has 0 N–H and O–H groups in total. The number of fused-ring (bicyclic) bond motifs is 13. The predicted octanol–water partition coefficient (Wildman–Crippen LogP) is 14.4. The number of furan rings is 2. The molecule has 0 amide bonds. The third-order valence-corrected chi connectivity index (χ3v) is 13.8. The Morgan fingerprint density at radius 2 is 1.03 bits per heavy atom. The van der Waals surface area contributed by atoms with Crippen LogP contribution < -0.4 is 4.57 Å². The van der Waals surface area contributed by atoms with E-state index in [9.17, 15) is 0 Å². The maximum Gasteiger partial charge on any atom is 0.387 e. The lowest BCUT2D eigenvalue weighted by Crippen LogP contribution is -2.30.